The van der Waals surface area contributed by atoms with Crippen molar-refractivity contribution < 1.29 is 9.53 Å². The Morgan fingerprint density at radius 2 is 1.95 bits per heavy atom. The van der Waals surface area contributed by atoms with E-state index < -0.39 is 0 Å². The standard InChI is InChI=1S/C16H17NO2S/c1-12-7-8-15(17)14(11-12)16(18)19-9-10-20-13-5-3-2-4-6-13/h2-8,11H,9-10,17H2,1H3. The highest BCUT2D eigenvalue weighted by molar-refractivity contribution is 7.99. The number of thioether (sulfide) groups is 1. The zero-order valence-corrected chi connectivity index (χ0v) is 12.2. The number of anilines is 1. The second-order valence-corrected chi connectivity index (χ2v) is 5.56. The SMILES string of the molecule is Cc1ccc(N)c(C(=O)OCCSc2ccccc2)c1. The largest absolute Gasteiger partial charge is 0.461 e. The molecule has 0 aliphatic carbocycles. The Kier molecular flexibility index (Phi) is 5.07. The van der Waals surface area contributed by atoms with Crippen LogP contribution in [0.2, 0.25) is 0 Å². The number of carbonyl (C=O) groups is 1. The van der Waals surface area contributed by atoms with Crippen LogP contribution in [0.3, 0.4) is 0 Å². The minimum Gasteiger partial charge on any atom is -0.461 e. The molecular weight excluding hydrogens is 270 g/mol. The molecule has 3 nitrogen and oxygen atoms in total. The maximum atomic E-state index is 11.9. The zero-order valence-electron chi connectivity index (χ0n) is 11.3. The lowest BCUT2D eigenvalue weighted by Crippen LogP contribution is -2.10. The molecule has 0 saturated carbocycles. The van der Waals surface area contributed by atoms with Gasteiger partial charge in [0.25, 0.3) is 0 Å². The Labute approximate surface area is 123 Å². The minimum atomic E-state index is -0.361. The first-order chi connectivity index (χ1) is 9.66. The Hall–Kier alpha value is -1.94. The molecule has 0 aliphatic rings. The quantitative estimate of drug-likeness (QED) is 0.395. The Morgan fingerprint density at radius 3 is 2.70 bits per heavy atom. The van der Waals surface area contributed by atoms with Crippen molar-refractivity contribution in [1.29, 1.82) is 0 Å². The monoisotopic (exact) mass is 287 g/mol. The Bertz CT molecular complexity index is 584. The van der Waals surface area contributed by atoms with Crippen LogP contribution in [0.5, 0.6) is 0 Å². The lowest BCUT2D eigenvalue weighted by molar-refractivity contribution is 0.0531. The van der Waals surface area contributed by atoms with Crippen molar-refractivity contribution in [3.05, 3.63) is 59.7 Å². The molecule has 0 fully saturated rings. The highest BCUT2D eigenvalue weighted by Gasteiger charge is 2.11. The van der Waals surface area contributed by atoms with Crippen LogP contribution in [0.4, 0.5) is 5.69 Å². The van der Waals surface area contributed by atoms with Crippen LogP contribution in [-0.4, -0.2) is 18.3 Å². The third-order valence-corrected chi connectivity index (χ3v) is 3.73. The summed E-state index contributed by atoms with van der Waals surface area (Å²) in [6.07, 6.45) is 0. The molecule has 0 amide bonds. The number of hydrogen-bond donors (Lipinski definition) is 1. The first kappa shape index (κ1) is 14.5. The molecule has 4 heteroatoms. The Morgan fingerprint density at radius 1 is 1.20 bits per heavy atom. The van der Waals surface area contributed by atoms with Crippen molar-refractivity contribution in [2.24, 2.45) is 0 Å². The van der Waals surface area contributed by atoms with Crippen LogP contribution >= 0.6 is 11.8 Å². The van der Waals surface area contributed by atoms with Crippen molar-refractivity contribution in [3.8, 4) is 0 Å². The average Bonchev–Trinajstić information content (AvgIpc) is 2.47. The molecule has 0 unspecified atom stereocenters. The van der Waals surface area contributed by atoms with Crippen LogP contribution in [0.15, 0.2) is 53.4 Å². The molecule has 0 radical (unpaired) electrons. The summed E-state index contributed by atoms with van der Waals surface area (Å²) in [5.74, 6) is 0.362. The van der Waals surface area contributed by atoms with Crippen molar-refractivity contribution in [3.63, 3.8) is 0 Å². The van der Waals surface area contributed by atoms with Gasteiger partial charge in [0.05, 0.1) is 5.56 Å². The first-order valence-electron chi connectivity index (χ1n) is 6.38. The molecule has 0 spiro atoms. The van der Waals surface area contributed by atoms with Gasteiger partial charge in [0.15, 0.2) is 0 Å². The van der Waals surface area contributed by atoms with Gasteiger partial charge in [-0.3, -0.25) is 0 Å². The molecule has 2 aromatic rings. The van der Waals surface area contributed by atoms with E-state index in [1.54, 1.807) is 23.9 Å². The first-order valence-corrected chi connectivity index (χ1v) is 7.36. The summed E-state index contributed by atoms with van der Waals surface area (Å²) in [5, 5.41) is 0. The highest BCUT2D eigenvalue weighted by Crippen LogP contribution is 2.18. The van der Waals surface area contributed by atoms with Gasteiger partial charge in [-0.2, -0.15) is 0 Å². The molecule has 0 heterocycles. The lowest BCUT2D eigenvalue weighted by Gasteiger charge is -2.07. The number of aryl methyl sites for hydroxylation is 1. The van der Waals surface area contributed by atoms with Crippen molar-refractivity contribution >= 4 is 23.4 Å². The van der Waals surface area contributed by atoms with Crippen LogP contribution < -0.4 is 5.73 Å². The zero-order chi connectivity index (χ0) is 14.4. The summed E-state index contributed by atoms with van der Waals surface area (Å²) < 4.78 is 5.25. The molecule has 2 aromatic carbocycles. The predicted molar refractivity (Wildman–Crippen MR) is 83.0 cm³/mol. The molecule has 2 rings (SSSR count). The van der Waals surface area contributed by atoms with E-state index >= 15 is 0 Å². The third kappa shape index (κ3) is 4.03. The number of rotatable bonds is 5. The van der Waals surface area contributed by atoms with Crippen LogP contribution in [0, 0.1) is 6.92 Å². The van der Waals surface area contributed by atoms with E-state index in [1.165, 1.54) is 4.90 Å². The molecule has 0 aromatic heterocycles. The number of ether oxygens (including phenoxy) is 1. The van der Waals surface area contributed by atoms with Gasteiger partial charge in [-0.05, 0) is 31.2 Å². The summed E-state index contributed by atoms with van der Waals surface area (Å²) in [7, 11) is 0. The van der Waals surface area contributed by atoms with Gasteiger partial charge in [-0.1, -0.05) is 29.8 Å². The van der Waals surface area contributed by atoms with Crippen molar-refractivity contribution in [2.75, 3.05) is 18.1 Å². The normalized spacial score (nSPS) is 10.2. The van der Waals surface area contributed by atoms with Crippen LogP contribution in [0.1, 0.15) is 15.9 Å². The minimum absolute atomic E-state index is 0.361. The van der Waals surface area contributed by atoms with E-state index in [9.17, 15) is 4.79 Å². The number of nitrogen functional groups attached to an aromatic ring is 1. The fourth-order valence-electron chi connectivity index (χ4n) is 1.74. The number of esters is 1. The molecule has 0 bridgehead atoms. The van der Waals surface area contributed by atoms with Crippen molar-refractivity contribution in [2.45, 2.75) is 11.8 Å². The second-order valence-electron chi connectivity index (χ2n) is 4.39. The maximum Gasteiger partial charge on any atom is 0.340 e. The van der Waals surface area contributed by atoms with Gasteiger partial charge < -0.3 is 10.5 Å². The molecule has 0 aliphatic heterocycles. The highest BCUT2D eigenvalue weighted by atomic mass is 32.2. The summed E-state index contributed by atoms with van der Waals surface area (Å²) in [6, 6.07) is 15.4. The lowest BCUT2D eigenvalue weighted by atomic mass is 10.1. The number of hydrogen-bond acceptors (Lipinski definition) is 4. The van der Waals surface area contributed by atoms with E-state index in [0.717, 1.165) is 11.3 Å². The van der Waals surface area contributed by atoms with Gasteiger partial charge >= 0.3 is 5.97 Å². The molecular formula is C16H17NO2S. The van der Waals surface area contributed by atoms with E-state index in [2.05, 4.69) is 0 Å². The summed E-state index contributed by atoms with van der Waals surface area (Å²) in [5.41, 5.74) is 7.66. The molecule has 0 atom stereocenters. The smallest absolute Gasteiger partial charge is 0.340 e. The van der Waals surface area contributed by atoms with Gasteiger partial charge in [-0.25, -0.2) is 4.79 Å². The molecule has 104 valence electrons. The molecule has 2 N–H and O–H groups in total. The van der Waals surface area contributed by atoms with Gasteiger partial charge in [0, 0.05) is 16.3 Å². The van der Waals surface area contributed by atoms with Gasteiger partial charge in [-0.15, -0.1) is 11.8 Å². The summed E-state index contributed by atoms with van der Waals surface area (Å²) >= 11 is 1.66. The number of nitrogens with two attached hydrogens (primary N) is 1. The molecule has 20 heavy (non-hydrogen) atoms. The average molecular weight is 287 g/mol. The van der Waals surface area contributed by atoms with E-state index in [1.807, 2.05) is 43.3 Å². The number of carbonyl (C=O) groups excluding carboxylic acids is 1. The summed E-state index contributed by atoms with van der Waals surface area (Å²) in [4.78, 5) is 13.1. The fourth-order valence-corrected chi connectivity index (χ4v) is 2.49. The topological polar surface area (TPSA) is 52.3 Å². The second kappa shape index (κ2) is 7.01. The van der Waals surface area contributed by atoms with Crippen LogP contribution in [-0.2, 0) is 4.74 Å². The number of benzene rings is 2. The van der Waals surface area contributed by atoms with Crippen LogP contribution in [0.25, 0.3) is 0 Å². The van der Waals surface area contributed by atoms with E-state index in [0.29, 0.717) is 17.9 Å². The Balaban J connectivity index is 1.82. The van der Waals surface area contributed by atoms with Gasteiger partial charge in [0.2, 0.25) is 0 Å². The fraction of sp³-hybridized carbons (Fsp3) is 0.188. The predicted octanol–water partition coefficient (Wildman–Crippen LogP) is 3.53. The maximum absolute atomic E-state index is 11.9. The summed E-state index contributed by atoms with van der Waals surface area (Å²) in [6.45, 7) is 2.28. The van der Waals surface area contributed by atoms with E-state index in [4.69, 9.17) is 10.5 Å². The molecule has 0 saturated heterocycles. The van der Waals surface area contributed by atoms with E-state index in [-0.39, 0.29) is 5.97 Å². The third-order valence-electron chi connectivity index (χ3n) is 2.76. The van der Waals surface area contributed by atoms with Crippen molar-refractivity contribution in [1.82, 2.24) is 0 Å². The van der Waals surface area contributed by atoms with Gasteiger partial charge in [0.1, 0.15) is 6.61 Å².